The molecule has 7 heteroatoms. The van der Waals surface area contributed by atoms with Gasteiger partial charge in [-0.25, -0.2) is 9.97 Å². The van der Waals surface area contributed by atoms with Gasteiger partial charge in [0, 0.05) is 17.1 Å². The van der Waals surface area contributed by atoms with E-state index < -0.39 is 4.92 Å². The summed E-state index contributed by atoms with van der Waals surface area (Å²) in [5.41, 5.74) is 3.27. The van der Waals surface area contributed by atoms with E-state index in [0.29, 0.717) is 6.54 Å². The summed E-state index contributed by atoms with van der Waals surface area (Å²) < 4.78 is 0. The van der Waals surface area contributed by atoms with E-state index in [1.54, 1.807) is 18.5 Å². The van der Waals surface area contributed by atoms with E-state index in [-0.39, 0.29) is 11.5 Å². The van der Waals surface area contributed by atoms with Crippen LogP contribution in [-0.4, -0.2) is 14.9 Å². The van der Waals surface area contributed by atoms with Crippen molar-refractivity contribution < 1.29 is 4.92 Å². The third kappa shape index (κ3) is 2.76. The first kappa shape index (κ1) is 11.5. The van der Waals surface area contributed by atoms with Crippen LogP contribution in [0.25, 0.3) is 0 Å². The number of hydrogen-bond acceptors (Lipinski definition) is 6. The Bertz CT molecular complexity index is 527. The SMILES string of the molecule is Cc1ccc([N+](=O)[O-])c(NCc2cscn2)n1. The van der Waals surface area contributed by atoms with Crippen LogP contribution in [0.5, 0.6) is 0 Å². The molecular formula is C10H10N4O2S. The topological polar surface area (TPSA) is 81.0 Å². The van der Waals surface area contributed by atoms with E-state index in [1.165, 1.54) is 17.4 Å². The predicted octanol–water partition coefficient (Wildman–Crippen LogP) is 2.37. The lowest BCUT2D eigenvalue weighted by molar-refractivity contribution is -0.384. The highest BCUT2D eigenvalue weighted by Gasteiger charge is 2.14. The fourth-order valence-corrected chi connectivity index (χ4v) is 1.88. The average molecular weight is 250 g/mol. The quantitative estimate of drug-likeness (QED) is 0.665. The van der Waals surface area contributed by atoms with Crippen LogP contribution < -0.4 is 5.32 Å². The van der Waals surface area contributed by atoms with Gasteiger partial charge in [0.15, 0.2) is 0 Å². The van der Waals surface area contributed by atoms with Gasteiger partial charge in [-0.2, -0.15) is 0 Å². The Hall–Kier alpha value is -2.02. The molecule has 0 radical (unpaired) electrons. The van der Waals surface area contributed by atoms with E-state index in [2.05, 4.69) is 15.3 Å². The van der Waals surface area contributed by atoms with E-state index >= 15 is 0 Å². The molecule has 0 aliphatic heterocycles. The zero-order valence-electron chi connectivity index (χ0n) is 9.08. The summed E-state index contributed by atoms with van der Waals surface area (Å²) in [6.45, 7) is 2.22. The summed E-state index contributed by atoms with van der Waals surface area (Å²) in [4.78, 5) is 18.6. The Morgan fingerprint density at radius 2 is 2.35 bits per heavy atom. The van der Waals surface area contributed by atoms with Gasteiger partial charge in [0.2, 0.25) is 5.82 Å². The van der Waals surface area contributed by atoms with E-state index in [0.717, 1.165) is 11.4 Å². The smallest absolute Gasteiger partial charge is 0.311 e. The number of thiazole rings is 1. The van der Waals surface area contributed by atoms with E-state index in [9.17, 15) is 10.1 Å². The minimum atomic E-state index is -0.449. The van der Waals surface area contributed by atoms with E-state index in [4.69, 9.17) is 0 Å². The summed E-state index contributed by atoms with van der Waals surface area (Å²) in [7, 11) is 0. The van der Waals surface area contributed by atoms with Crippen LogP contribution in [0.15, 0.2) is 23.0 Å². The molecular weight excluding hydrogens is 240 g/mol. The molecule has 17 heavy (non-hydrogen) atoms. The van der Waals surface area contributed by atoms with Crippen LogP contribution in [0.4, 0.5) is 11.5 Å². The number of hydrogen-bond donors (Lipinski definition) is 1. The lowest BCUT2D eigenvalue weighted by atomic mass is 10.3. The van der Waals surface area contributed by atoms with Crippen molar-refractivity contribution in [2.45, 2.75) is 13.5 Å². The van der Waals surface area contributed by atoms with Gasteiger partial charge in [0.1, 0.15) is 0 Å². The summed E-state index contributed by atoms with van der Waals surface area (Å²) in [6, 6.07) is 3.07. The maximum absolute atomic E-state index is 10.8. The number of aryl methyl sites for hydroxylation is 1. The largest absolute Gasteiger partial charge is 0.359 e. The fourth-order valence-electron chi connectivity index (χ4n) is 1.33. The summed E-state index contributed by atoms with van der Waals surface area (Å²) in [5.74, 6) is 0.281. The van der Waals surface area contributed by atoms with Gasteiger partial charge in [-0.15, -0.1) is 11.3 Å². The second-order valence-electron chi connectivity index (χ2n) is 3.41. The Balaban J connectivity index is 2.19. The second-order valence-corrected chi connectivity index (χ2v) is 4.13. The highest BCUT2D eigenvalue weighted by atomic mass is 32.1. The number of nitrogens with zero attached hydrogens (tertiary/aromatic N) is 3. The van der Waals surface area contributed by atoms with Gasteiger partial charge >= 0.3 is 5.69 Å². The minimum absolute atomic E-state index is 0.0224. The molecule has 0 spiro atoms. The normalized spacial score (nSPS) is 10.2. The fraction of sp³-hybridized carbons (Fsp3) is 0.200. The lowest BCUT2D eigenvalue weighted by Crippen LogP contribution is -2.05. The third-order valence-electron chi connectivity index (χ3n) is 2.13. The Kier molecular flexibility index (Phi) is 3.29. The first-order chi connectivity index (χ1) is 8.16. The molecule has 0 fully saturated rings. The molecule has 0 atom stereocenters. The van der Waals surface area contributed by atoms with Gasteiger partial charge in [-0.3, -0.25) is 10.1 Å². The molecule has 0 bridgehead atoms. The molecule has 0 saturated heterocycles. The van der Waals surface area contributed by atoms with Crippen molar-refractivity contribution in [3.63, 3.8) is 0 Å². The molecule has 2 rings (SSSR count). The summed E-state index contributed by atoms with van der Waals surface area (Å²) in [6.07, 6.45) is 0. The van der Waals surface area contributed by atoms with Gasteiger partial charge in [0.25, 0.3) is 0 Å². The van der Waals surface area contributed by atoms with Crippen molar-refractivity contribution in [3.8, 4) is 0 Å². The summed E-state index contributed by atoms with van der Waals surface area (Å²) >= 11 is 1.48. The lowest BCUT2D eigenvalue weighted by Gasteiger charge is -2.05. The van der Waals surface area contributed by atoms with Crippen LogP contribution >= 0.6 is 11.3 Å². The number of pyridine rings is 1. The number of nitrogens with one attached hydrogen (secondary N) is 1. The number of nitro groups is 1. The highest BCUT2D eigenvalue weighted by molar-refractivity contribution is 7.07. The van der Waals surface area contributed by atoms with Crippen molar-refractivity contribution in [2.75, 3.05) is 5.32 Å². The highest BCUT2D eigenvalue weighted by Crippen LogP contribution is 2.22. The predicted molar refractivity (Wildman–Crippen MR) is 65.1 cm³/mol. The molecule has 1 N–H and O–H groups in total. The van der Waals surface area contributed by atoms with Crippen LogP contribution in [0, 0.1) is 17.0 Å². The van der Waals surface area contributed by atoms with Crippen molar-refractivity contribution in [1.29, 1.82) is 0 Å². The van der Waals surface area contributed by atoms with Crippen LogP contribution in [0.1, 0.15) is 11.4 Å². The molecule has 2 heterocycles. The van der Waals surface area contributed by atoms with Crippen molar-refractivity contribution in [3.05, 3.63) is 44.5 Å². The van der Waals surface area contributed by atoms with Crippen LogP contribution in [-0.2, 0) is 6.54 Å². The molecule has 0 unspecified atom stereocenters. The molecule has 0 aromatic carbocycles. The Labute approximate surface area is 102 Å². The second kappa shape index (κ2) is 4.88. The van der Waals surface area contributed by atoms with Gasteiger partial charge in [0.05, 0.1) is 22.7 Å². The molecule has 0 aliphatic carbocycles. The first-order valence-corrected chi connectivity index (χ1v) is 5.84. The molecule has 0 amide bonds. The molecule has 88 valence electrons. The number of anilines is 1. The third-order valence-corrected chi connectivity index (χ3v) is 2.77. The molecule has 2 aromatic heterocycles. The summed E-state index contributed by atoms with van der Waals surface area (Å²) in [5, 5.41) is 15.6. The first-order valence-electron chi connectivity index (χ1n) is 4.90. The zero-order valence-corrected chi connectivity index (χ0v) is 9.90. The van der Waals surface area contributed by atoms with E-state index in [1.807, 2.05) is 5.38 Å². The van der Waals surface area contributed by atoms with Gasteiger partial charge < -0.3 is 5.32 Å². The van der Waals surface area contributed by atoms with Gasteiger partial charge in [-0.05, 0) is 13.0 Å². The zero-order chi connectivity index (χ0) is 12.3. The van der Waals surface area contributed by atoms with Crippen LogP contribution in [0.3, 0.4) is 0 Å². The standard InChI is InChI=1S/C10H10N4O2S/c1-7-2-3-9(14(15)16)10(13-7)11-4-8-5-17-6-12-8/h2-3,5-6H,4H2,1H3,(H,11,13). The molecule has 0 aliphatic rings. The van der Waals surface area contributed by atoms with Gasteiger partial charge in [-0.1, -0.05) is 0 Å². The average Bonchev–Trinajstić information content (AvgIpc) is 2.78. The monoisotopic (exact) mass is 250 g/mol. The minimum Gasteiger partial charge on any atom is -0.359 e. The van der Waals surface area contributed by atoms with Crippen molar-refractivity contribution in [2.24, 2.45) is 0 Å². The van der Waals surface area contributed by atoms with Crippen molar-refractivity contribution in [1.82, 2.24) is 9.97 Å². The maximum Gasteiger partial charge on any atom is 0.311 e. The Morgan fingerprint density at radius 3 is 3.00 bits per heavy atom. The number of rotatable bonds is 4. The molecule has 2 aromatic rings. The van der Waals surface area contributed by atoms with Crippen LogP contribution in [0.2, 0.25) is 0 Å². The Morgan fingerprint density at radius 1 is 1.53 bits per heavy atom. The number of aromatic nitrogens is 2. The molecule has 0 saturated carbocycles. The molecule has 6 nitrogen and oxygen atoms in total. The van der Waals surface area contributed by atoms with Crippen molar-refractivity contribution >= 4 is 22.8 Å². The maximum atomic E-state index is 10.8.